The number of oxime groups is 1. The van der Waals surface area contributed by atoms with Crippen LogP contribution in [0.5, 0.6) is 0 Å². The lowest BCUT2D eigenvalue weighted by atomic mass is 10.2. The van der Waals surface area contributed by atoms with E-state index in [1.165, 1.54) is 6.92 Å². The fraction of sp³-hybridized carbons (Fsp3) is 0.312. The second kappa shape index (κ2) is 13.5. The zero-order chi connectivity index (χ0) is 18.2. The van der Waals surface area contributed by atoms with E-state index in [1.54, 1.807) is 27.1 Å². The van der Waals surface area contributed by atoms with Crippen molar-refractivity contribution in [1.82, 2.24) is 5.48 Å². The molecule has 0 amide bonds. The van der Waals surface area contributed by atoms with Crippen LogP contribution in [0.4, 0.5) is 11.4 Å². The van der Waals surface area contributed by atoms with Gasteiger partial charge in [-0.2, -0.15) is 10.7 Å². The zero-order valence-corrected chi connectivity index (χ0v) is 14.3. The third-order valence-corrected chi connectivity index (χ3v) is 2.37. The van der Waals surface area contributed by atoms with Gasteiger partial charge in [-0.25, -0.2) is 0 Å². The first kappa shape index (κ1) is 20.8. The highest BCUT2D eigenvalue weighted by Gasteiger charge is 1.98. The lowest BCUT2D eigenvalue weighted by Gasteiger charge is -2.05. The molecule has 0 unspecified atom stereocenters. The standard InChI is InChI=1S/C14H18N6O.C2H4O/c1-11(19-21-20-12(2)16-3)10-18-14-7-5-4-6-13(14)17-9-8-15;1-2-3/h4-7,10,17H,9H2,1-3H3,(H,16,20);2H,1H3/b18-10?,19-11+;. The summed E-state index contributed by atoms with van der Waals surface area (Å²) in [7, 11) is 1.65. The molecule has 0 saturated heterocycles. The van der Waals surface area contributed by atoms with Gasteiger partial charge < -0.3 is 10.1 Å². The Kier molecular flexibility index (Phi) is 11.7. The van der Waals surface area contributed by atoms with Crippen molar-refractivity contribution in [1.29, 1.82) is 5.26 Å². The number of hydroxylamine groups is 1. The Labute approximate surface area is 141 Å². The van der Waals surface area contributed by atoms with Gasteiger partial charge in [0, 0.05) is 7.05 Å². The number of nitrogens with zero attached hydrogens (tertiary/aromatic N) is 4. The Bertz CT molecular complexity index is 632. The topological polar surface area (TPSA) is 111 Å². The van der Waals surface area contributed by atoms with Crippen LogP contribution in [0.1, 0.15) is 20.8 Å². The maximum absolute atomic E-state index is 8.81. The molecular formula is C16H22N6O2. The van der Waals surface area contributed by atoms with Crippen LogP contribution in [0.2, 0.25) is 0 Å². The molecule has 0 aliphatic heterocycles. The van der Waals surface area contributed by atoms with E-state index >= 15 is 0 Å². The first-order chi connectivity index (χ1) is 11.6. The Hall–Kier alpha value is -3.21. The molecule has 1 aromatic carbocycles. The van der Waals surface area contributed by atoms with Crippen LogP contribution in [0.25, 0.3) is 0 Å². The number of para-hydroxylation sites is 2. The average molecular weight is 330 g/mol. The molecule has 0 atom stereocenters. The van der Waals surface area contributed by atoms with Crippen molar-refractivity contribution in [3.63, 3.8) is 0 Å². The first-order valence-electron chi connectivity index (χ1n) is 7.12. The molecule has 0 saturated carbocycles. The molecule has 1 aromatic rings. The predicted molar refractivity (Wildman–Crippen MR) is 96.8 cm³/mol. The van der Waals surface area contributed by atoms with Gasteiger partial charge in [0.05, 0.1) is 29.4 Å². The smallest absolute Gasteiger partial charge is 0.131 e. The molecule has 0 aromatic heterocycles. The monoisotopic (exact) mass is 330 g/mol. The number of hydrogen-bond acceptors (Lipinski definition) is 7. The van der Waals surface area contributed by atoms with Crippen molar-refractivity contribution in [3.8, 4) is 6.07 Å². The summed E-state index contributed by atoms with van der Waals surface area (Å²) >= 11 is 0. The van der Waals surface area contributed by atoms with E-state index in [2.05, 4.69) is 25.9 Å². The van der Waals surface area contributed by atoms with E-state index in [-0.39, 0.29) is 6.54 Å². The molecule has 0 aliphatic rings. The summed E-state index contributed by atoms with van der Waals surface area (Å²) < 4.78 is 0. The minimum Gasteiger partial charge on any atom is -0.371 e. The molecule has 0 spiro atoms. The van der Waals surface area contributed by atoms with Crippen LogP contribution in [0.3, 0.4) is 0 Å². The van der Waals surface area contributed by atoms with Crippen molar-refractivity contribution in [2.75, 3.05) is 18.9 Å². The second-order valence-corrected chi connectivity index (χ2v) is 4.26. The second-order valence-electron chi connectivity index (χ2n) is 4.26. The quantitative estimate of drug-likeness (QED) is 0.274. The third-order valence-electron chi connectivity index (χ3n) is 2.37. The lowest BCUT2D eigenvalue weighted by Crippen LogP contribution is -2.18. The Balaban J connectivity index is 0.00000163. The summed E-state index contributed by atoms with van der Waals surface area (Å²) in [6.07, 6.45) is 2.33. The molecule has 24 heavy (non-hydrogen) atoms. The SMILES string of the molecule is CC=O.CN=C(C)NO/N=C(\C)C=Nc1ccccc1NCC#N. The number of aliphatic imine (C=N–C) groups is 2. The largest absolute Gasteiger partial charge is 0.371 e. The van der Waals surface area contributed by atoms with E-state index in [0.717, 1.165) is 17.7 Å². The van der Waals surface area contributed by atoms with E-state index < -0.39 is 0 Å². The summed E-state index contributed by atoms with van der Waals surface area (Å²) in [4.78, 5) is 21.9. The number of nitriles is 1. The van der Waals surface area contributed by atoms with Crippen LogP contribution in [0.15, 0.2) is 39.4 Å². The molecule has 128 valence electrons. The highest BCUT2D eigenvalue weighted by atomic mass is 16.8. The summed E-state index contributed by atoms with van der Waals surface area (Å²) in [6.45, 7) is 5.19. The lowest BCUT2D eigenvalue weighted by molar-refractivity contribution is -0.106. The maximum atomic E-state index is 8.81. The fourth-order valence-electron chi connectivity index (χ4n) is 1.26. The Morgan fingerprint density at radius 3 is 2.67 bits per heavy atom. The Morgan fingerprint density at radius 1 is 1.38 bits per heavy atom. The van der Waals surface area contributed by atoms with Crippen LogP contribution < -0.4 is 10.8 Å². The van der Waals surface area contributed by atoms with Gasteiger partial charge in [-0.05, 0) is 32.9 Å². The number of benzene rings is 1. The van der Waals surface area contributed by atoms with Gasteiger partial charge in [0.15, 0.2) is 0 Å². The minimum atomic E-state index is 0.224. The summed E-state index contributed by atoms with van der Waals surface area (Å²) in [5, 5.41) is 15.4. The number of amidine groups is 1. The summed E-state index contributed by atoms with van der Waals surface area (Å²) in [5.74, 6) is 0.620. The fourth-order valence-corrected chi connectivity index (χ4v) is 1.26. The van der Waals surface area contributed by atoms with Gasteiger partial charge in [-0.1, -0.05) is 17.3 Å². The van der Waals surface area contributed by atoms with Crippen molar-refractivity contribution in [2.45, 2.75) is 20.8 Å². The predicted octanol–water partition coefficient (Wildman–Crippen LogP) is 2.47. The highest BCUT2D eigenvalue weighted by Crippen LogP contribution is 2.23. The molecular weight excluding hydrogens is 308 g/mol. The molecule has 0 fully saturated rings. The van der Waals surface area contributed by atoms with E-state index in [0.29, 0.717) is 11.5 Å². The van der Waals surface area contributed by atoms with Crippen molar-refractivity contribution in [3.05, 3.63) is 24.3 Å². The van der Waals surface area contributed by atoms with Gasteiger partial charge in [-0.15, -0.1) is 0 Å². The van der Waals surface area contributed by atoms with Gasteiger partial charge in [0.1, 0.15) is 18.7 Å². The molecule has 8 heteroatoms. The first-order valence-corrected chi connectivity index (χ1v) is 7.12. The van der Waals surface area contributed by atoms with Crippen molar-refractivity contribution in [2.24, 2.45) is 15.1 Å². The average Bonchev–Trinajstić information content (AvgIpc) is 2.59. The third kappa shape index (κ3) is 9.68. The highest BCUT2D eigenvalue weighted by molar-refractivity contribution is 6.29. The maximum Gasteiger partial charge on any atom is 0.131 e. The van der Waals surface area contributed by atoms with Gasteiger partial charge in [-0.3, -0.25) is 14.9 Å². The van der Waals surface area contributed by atoms with Crippen LogP contribution in [0, 0.1) is 11.3 Å². The number of carbonyl (C=O) groups is 1. The Morgan fingerprint density at radius 2 is 2.04 bits per heavy atom. The molecule has 1 rings (SSSR count). The number of anilines is 1. The van der Waals surface area contributed by atoms with E-state index in [1.807, 2.05) is 30.3 Å². The number of hydrogen-bond donors (Lipinski definition) is 2. The number of aldehydes is 1. The summed E-state index contributed by atoms with van der Waals surface area (Å²) in [6, 6.07) is 9.47. The van der Waals surface area contributed by atoms with Crippen molar-refractivity contribution < 1.29 is 9.73 Å². The van der Waals surface area contributed by atoms with E-state index in [4.69, 9.17) is 15.0 Å². The molecule has 0 bridgehead atoms. The molecule has 0 aliphatic carbocycles. The van der Waals surface area contributed by atoms with Crippen LogP contribution >= 0.6 is 0 Å². The van der Waals surface area contributed by atoms with Gasteiger partial charge in [0.25, 0.3) is 0 Å². The summed E-state index contributed by atoms with van der Waals surface area (Å²) in [5.41, 5.74) is 4.65. The molecule has 8 nitrogen and oxygen atoms in total. The van der Waals surface area contributed by atoms with Crippen LogP contribution in [-0.4, -0.2) is 37.6 Å². The van der Waals surface area contributed by atoms with Gasteiger partial charge >= 0.3 is 0 Å². The van der Waals surface area contributed by atoms with Gasteiger partial charge in [0.2, 0.25) is 0 Å². The normalized spacial score (nSPS) is 11.1. The number of carbonyl (C=O) groups excluding carboxylic acids is 1. The zero-order valence-electron chi connectivity index (χ0n) is 14.3. The number of rotatable bonds is 6. The van der Waals surface area contributed by atoms with E-state index in [9.17, 15) is 0 Å². The molecule has 0 radical (unpaired) electrons. The molecule has 0 heterocycles. The van der Waals surface area contributed by atoms with Crippen molar-refractivity contribution >= 4 is 35.4 Å². The minimum absolute atomic E-state index is 0.224. The van der Waals surface area contributed by atoms with Crippen LogP contribution in [-0.2, 0) is 9.73 Å². The number of nitrogens with one attached hydrogen (secondary N) is 2. The molecule has 2 N–H and O–H groups in total.